The van der Waals surface area contributed by atoms with Gasteiger partial charge < -0.3 is 9.64 Å². The van der Waals surface area contributed by atoms with Crippen molar-refractivity contribution in [2.45, 2.75) is 18.4 Å². The number of methoxy groups -OCH3 is 1. The summed E-state index contributed by atoms with van der Waals surface area (Å²) in [5, 5.41) is 11.0. The van der Waals surface area contributed by atoms with Crippen LogP contribution in [0.3, 0.4) is 0 Å². The number of benzene rings is 2. The fourth-order valence-electron chi connectivity index (χ4n) is 3.67. The Labute approximate surface area is 193 Å². The summed E-state index contributed by atoms with van der Waals surface area (Å²) in [5.41, 5.74) is 1.97. The lowest BCUT2D eigenvalue weighted by atomic mass is 10.1. The normalized spacial score (nSPS) is 14.9. The number of sulfonamides is 1. The van der Waals surface area contributed by atoms with E-state index in [4.69, 9.17) is 4.74 Å². The highest BCUT2D eigenvalue weighted by Gasteiger charge is 2.25. The zero-order valence-corrected chi connectivity index (χ0v) is 19.5. The number of hydrogen-bond donors (Lipinski definition) is 1. The number of ether oxygens (including phenoxy) is 1. The first-order valence-electron chi connectivity index (χ1n) is 10.6. The Morgan fingerprint density at radius 3 is 2.55 bits per heavy atom. The highest BCUT2D eigenvalue weighted by Crippen LogP contribution is 2.20. The van der Waals surface area contributed by atoms with E-state index in [1.165, 1.54) is 25.3 Å². The maximum atomic E-state index is 13.1. The van der Waals surface area contributed by atoms with E-state index in [0.29, 0.717) is 43.9 Å². The molecule has 0 radical (unpaired) electrons. The van der Waals surface area contributed by atoms with Crippen molar-refractivity contribution in [3.63, 3.8) is 0 Å². The maximum absolute atomic E-state index is 13.1. The van der Waals surface area contributed by atoms with Crippen LogP contribution in [0.25, 0.3) is 0 Å². The van der Waals surface area contributed by atoms with Crippen LogP contribution in [-0.2, 0) is 21.3 Å². The number of aryl methyl sites for hydroxylation is 1. The van der Waals surface area contributed by atoms with E-state index in [2.05, 4.69) is 9.62 Å². The molecule has 3 rings (SSSR count). The van der Waals surface area contributed by atoms with Gasteiger partial charge in [-0.25, -0.2) is 13.1 Å². The van der Waals surface area contributed by atoms with Crippen LogP contribution >= 0.6 is 0 Å². The van der Waals surface area contributed by atoms with Gasteiger partial charge in [0.15, 0.2) is 0 Å². The summed E-state index contributed by atoms with van der Waals surface area (Å²) >= 11 is 0. The lowest BCUT2D eigenvalue weighted by molar-refractivity contribution is -0.384. The van der Waals surface area contributed by atoms with Crippen molar-refractivity contribution < 1.29 is 22.9 Å². The van der Waals surface area contributed by atoms with Crippen LogP contribution in [0.2, 0.25) is 0 Å². The molecule has 0 bridgehead atoms. The number of nitrogens with zero attached hydrogens (tertiary/aromatic N) is 3. The predicted molar refractivity (Wildman–Crippen MR) is 123 cm³/mol. The number of carbonyl (C=O) groups excluding carboxylic acids is 1. The number of nitro groups is 1. The van der Waals surface area contributed by atoms with Crippen molar-refractivity contribution in [1.29, 1.82) is 0 Å². The van der Waals surface area contributed by atoms with Gasteiger partial charge in [0.1, 0.15) is 0 Å². The van der Waals surface area contributed by atoms with Gasteiger partial charge in [-0.1, -0.05) is 18.2 Å². The van der Waals surface area contributed by atoms with E-state index in [-0.39, 0.29) is 29.6 Å². The van der Waals surface area contributed by atoms with Crippen LogP contribution in [0, 0.1) is 17.0 Å². The average molecular weight is 477 g/mol. The molecule has 0 unspecified atom stereocenters. The molecule has 0 aromatic heterocycles. The number of nitrogens with one attached hydrogen (secondary N) is 1. The minimum atomic E-state index is -3.75. The molecule has 2 aromatic rings. The van der Waals surface area contributed by atoms with Crippen molar-refractivity contribution in [1.82, 2.24) is 14.5 Å². The lowest BCUT2D eigenvalue weighted by Crippen LogP contribution is -2.48. The van der Waals surface area contributed by atoms with Crippen LogP contribution in [0.1, 0.15) is 21.5 Å². The molecule has 1 fully saturated rings. The molecule has 1 saturated heterocycles. The molecule has 0 aliphatic carbocycles. The number of hydrogen-bond acceptors (Lipinski definition) is 7. The van der Waals surface area contributed by atoms with Crippen molar-refractivity contribution >= 4 is 21.6 Å². The molecule has 1 N–H and O–H groups in total. The summed E-state index contributed by atoms with van der Waals surface area (Å²) < 4.78 is 32.4. The second kappa shape index (κ2) is 10.8. The third-order valence-electron chi connectivity index (χ3n) is 5.54. The molecular formula is C22H28N4O6S. The molecular weight excluding hydrogens is 448 g/mol. The Morgan fingerprint density at radius 2 is 1.88 bits per heavy atom. The van der Waals surface area contributed by atoms with Crippen molar-refractivity contribution in [2.24, 2.45) is 0 Å². The Morgan fingerprint density at radius 1 is 1.15 bits per heavy atom. The van der Waals surface area contributed by atoms with E-state index in [9.17, 15) is 23.3 Å². The summed E-state index contributed by atoms with van der Waals surface area (Å²) in [5.74, 6) is -0.212. The summed E-state index contributed by atoms with van der Waals surface area (Å²) in [7, 11) is -2.26. The monoisotopic (exact) mass is 476 g/mol. The SMILES string of the molecule is COCCNS(=O)(=O)c1ccc(C)c(C(=O)N2CCN(Cc3cccc([N+](=O)[O-])c3)CC2)c1. The smallest absolute Gasteiger partial charge is 0.269 e. The average Bonchev–Trinajstić information content (AvgIpc) is 2.79. The zero-order chi connectivity index (χ0) is 24.0. The second-order valence-corrected chi connectivity index (χ2v) is 9.63. The molecule has 11 heteroatoms. The van der Waals surface area contributed by atoms with Gasteiger partial charge in [0.2, 0.25) is 10.0 Å². The molecule has 1 aliphatic heterocycles. The minimum absolute atomic E-state index is 0.0388. The largest absolute Gasteiger partial charge is 0.383 e. The van der Waals surface area contributed by atoms with Crippen LogP contribution in [0.15, 0.2) is 47.4 Å². The van der Waals surface area contributed by atoms with Crippen molar-refractivity contribution in [2.75, 3.05) is 46.4 Å². The summed E-state index contributed by atoms with van der Waals surface area (Å²) in [6, 6.07) is 11.1. The molecule has 0 spiro atoms. The Kier molecular flexibility index (Phi) is 8.14. The van der Waals surface area contributed by atoms with Crippen LogP contribution in [0.5, 0.6) is 0 Å². The van der Waals surface area contributed by atoms with Gasteiger partial charge in [-0.2, -0.15) is 0 Å². The highest BCUT2D eigenvalue weighted by molar-refractivity contribution is 7.89. The molecule has 0 atom stereocenters. The Balaban J connectivity index is 1.64. The second-order valence-electron chi connectivity index (χ2n) is 7.86. The molecule has 178 valence electrons. The Bertz CT molecular complexity index is 1110. The van der Waals surface area contributed by atoms with E-state index < -0.39 is 14.9 Å². The standard InChI is InChI=1S/C22H28N4O6S/c1-17-6-7-20(33(30,31)23-8-13-32-2)15-21(17)22(27)25-11-9-24(10-12-25)16-18-4-3-5-19(14-18)26(28)29/h3-7,14-15,23H,8-13,16H2,1-2H3. The van der Waals surface area contributed by atoms with Gasteiger partial charge in [-0.3, -0.25) is 19.8 Å². The molecule has 1 amide bonds. The van der Waals surface area contributed by atoms with E-state index in [1.54, 1.807) is 30.0 Å². The van der Waals surface area contributed by atoms with E-state index in [0.717, 1.165) is 5.56 Å². The van der Waals surface area contributed by atoms with Gasteiger partial charge in [0, 0.05) is 64.1 Å². The summed E-state index contributed by atoms with van der Waals surface area (Å²) in [6.45, 7) is 4.92. The molecule has 1 heterocycles. The molecule has 1 aliphatic rings. The Hall–Kier alpha value is -2.86. The lowest BCUT2D eigenvalue weighted by Gasteiger charge is -2.35. The number of nitro benzene ring substituents is 1. The van der Waals surface area contributed by atoms with Gasteiger partial charge in [-0.15, -0.1) is 0 Å². The van der Waals surface area contributed by atoms with Gasteiger partial charge in [0.25, 0.3) is 11.6 Å². The zero-order valence-electron chi connectivity index (χ0n) is 18.7. The number of amides is 1. The van der Waals surface area contributed by atoms with Gasteiger partial charge >= 0.3 is 0 Å². The number of carbonyl (C=O) groups is 1. The number of rotatable bonds is 9. The molecule has 33 heavy (non-hydrogen) atoms. The first kappa shape index (κ1) is 24.8. The van der Waals surface area contributed by atoms with E-state index in [1.807, 2.05) is 6.07 Å². The molecule has 2 aromatic carbocycles. The van der Waals surface area contributed by atoms with Crippen molar-refractivity contribution in [3.05, 3.63) is 69.3 Å². The predicted octanol–water partition coefficient (Wildman–Crippen LogP) is 1.79. The first-order chi connectivity index (χ1) is 15.7. The van der Waals surface area contributed by atoms with Crippen LogP contribution in [0.4, 0.5) is 5.69 Å². The number of piperazine rings is 1. The third-order valence-corrected chi connectivity index (χ3v) is 6.99. The van der Waals surface area contributed by atoms with Crippen LogP contribution < -0.4 is 4.72 Å². The minimum Gasteiger partial charge on any atom is -0.383 e. The fraction of sp³-hybridized carbons (Fsp3) is 0.409. The van der Waals surface area contributed by atoms with E-state index >= 15 is 0 Å². The summed E-state index contributed by atoms with van der Waals surface area (Å²) in [4.78, 5) is 27.6. The number of non-ortho nitro benzene ring substituents is 1. The quantitative estimate of drug-likeness (QED) is 0.333. The highest BCUT2D eigenvalue weighted by atomic mass is 32.2. The molecule has 10 nitrogen and oxygen atoms in total. The molecule has 0 saturated carbocycles. The van der Waals surface area contributed by atoms with Crippen molar-refractivity contribution in [3.8, 4) is 0 Å². The topological polar surface area (TPSA) is 122 Å². The maximum Gasteiger partial charge on any atom is 0.269 e. The summed E-state index contributed by atoms with van der Waals surface area (Å²) in [6.07, 6.45) is 0. The van der Waals surface area contributed by atoms with Gasteiger partial charge in [-0.05, 0) is 30.2 Å². The van der Waals surface area contributed by atoms with Gasteiger partial charge in [0.05, 0.1) is 16.4 Å². The first-order valence-corrected chi connectivity index (χ1v) is 12.0. The fourth-order valence-corrected chi connectivity index (χ4v) is 4.71. The van der Waals surface area contributed by atoms with Crippen LogP contribution in [-0.4, -0.2) is 75.5 Å². The third kappa shape index (κ3) is 6.35.